The summed E-state index contributed by atoms with van der Waals surface area (Å²) in [7, 11) is -8.28. The zero-order valence-electron chi connectivity index (χ0n) is 22.5. The molecule has 0 aromatic heterocycles. The van der Waals surface area contributed by atoms with E-state index in [0.29, 0.717) is 0 Å². The summed E-state index contributed by atoms with van der Waals surface area (Å²) >= 11 is 0. The summed E-state index contributed by atoms with van der Waals surface area (Å²) in [6.07, 6.45) is 0. The Morgan fingerprint density at radius 1 is 0.788 bits per heavy atom. The molecule has 192 valence electrons. The molecule has 0 aliphatic heterocycles. The van der Waals surface area contributed by atoms with Gasteiger partial charge in [-0.3, -0.25) is 4.18 Å². The molecule has 0 fully saturated rings. The third-order valence-corrected chi connectivity index (χ3v) is 17.5. The van der Waals surface area contributed by atoms with Crippen molar-refractivity contribution < 1.29 is 26.6 Å². The van der Waals surface area contributed by atoms with Crippen molar-refractivity contribution in [1.29, 1.82) is 0 Å². The molecule has 0 aliphatic rings. The number of rotatable bonds is 11. The van der Waals surface area contributed by atoms with Crippen molar-refractivity contribution in [3.8, 4) is 0 Å². The maximum Gasteiger partial charge on any atom is 0.296 e. The number of aryl methyl sites for hydroxylation is 1. The summed E-state index contributed by atoms with van der Waals surface area (Å²) in [6, 6.07) is 6.53. The van der Waals surface area contributed by atoms with Crippen molar-refractivity contribution in [2.45, 2.75) is 89.6 Å². The molecule has 0 radical (unpaired) electrons. The topological polar surface area (TPSA) is 82.1 Å². The summed E-state index contributed by atoms with van der Waals surface area (Å²) in [5.74, 6) is 0. The lowest BCUT2D eigenvalue weighted by Crippen LogP contribution is -2.51. The normalized spacial score (nSPS) is 14.5. The summed E-state index contributed by atoms with van der Waals surface area (Å²) in [4.78, 5) is 0.0931. The first-order chi connectivity index (χ1) is 14.7. The lowest BCUT2D eigenvalue weighted by atomic mass is 9.93. The summed E-state index contributed by atoms with van der Waals surface area (Å²) < 4.78 is 44.1. The van der Waals surface area contributed by atoms with Gasteiger partial charge in [0.2, 0.25) is 0 Å². The molecule has 1 rings (SSSR count). The van der Waals surface area contributed by atoms with Crippen molar-refractivity contribution in [3.05, 3.63) is 29.8 Å². The maximum atomic E-state index is 12.9. The Morgan fingerprint density at radius 3 is 1.52 bits per heavy atom. The molecule has 0 saturated carbocycles. The Kier molecular flexibility index (Phi) is 9.79. The van der Waals surface area contributed by atoms with Crippen LogP contribution in [0.1, 0.15) is 47.1 Å². The average Bonchev–Trinajstić information content (AvgIpc) is 2.66. The summed E-state index contributed by atoms with van der Waals surface area (Å²) in [6.45, 7) is 23.1. The van der Waals surface area contributed by atoms with Crippen LogP contribution in [0.15, 0.2) is 29.2 Å². The molecule has 6 nitrogen and oxygen atoms in total. The molecule has 0 bridgehead atoms. The molecule has 9 heteroatoms. The minimum absolute atomic E-state index is 0.0245. The van der Waals surface area contributed by atoms with E-state index >= 15 is 0 Å². The summed E-state index contributed by atoms with van der Waals surface area (Å²) in [5, 5.41) is 10.4. The fourth-order valence-electron chi connectivity index (χ4n) is 2.34. The first-order valence-electron chi connectivity index (χ1n) is 11.5. The van der Waals surface area contributed by atoms with Crippen molar-refractivity contribution in [1.82, 2.24) is 0 Å². The third kappa shape index (κ3) is 8.26. The first kappa shape index (κ1) is 30.5. The molecule has 1 aromatic carbocycles. The van der Waals surface area contributed by atoms with Gasteiger partial charge in [-0.25, -0.2) is 0 Å². The lowest BCUT2D eigenvalue weighted by Gasteiger charge is -2.43. The highest BCUT2D eigenvalue weighted by Gasteiger charge is 2.44. The molecular formula is C24H46O6SSi2. The first-order valence-corrected chi connectivity index (χ1v) is 18.8. The van der Waals surface area contributed by atoms with Crippen molar-refractivity contribution in [3.63, 3.8) is 0 Å². The van der Waals surface area contributed by atoms with Gasteiger partial charge in [-0.1, -0.05) is 59.2 Å². The molecule has 0 saturated heterocycles. The van der Waals surface area contributed by atoms with E-state index in [4.69, 9.17) is 13.0 Å². The van der Waals surface area contributed by atoms with Gasteiger partial charge in [0.1, 0.15) is 0 Å². The highest BCUT2D eigenvalue weighted by molar-refractivity contribution is 7.86. The van der Waals surface area contributed by atoms with E-state index in [9.17, 15) is 13.5 Å². The molecule has 0 spiro atoms. The van der Waals surface area contributed by atoms with Crippen LogP contribution in [-0.2, 0) is 23.2 Å². The van der Waals surface area contributed by atoms with Gasteiger partial charge in [-0.2, -0.15) is 8.42 Å². The van der Waals surface area contributed by atoms with Gasteiger partial charge in [0.15, 0.2) is 16.6 Å². The van der Waals surface area contributed by atoms with Crippen molar-refractivity contribution >= 4 is 26.8 Å². The van der Waals surface area contributed by atoms with Gasteiger partial charge in [0.05, 0.1) is 23.5 Å². The van der Waals surface area contributed by atoms with E-state index in [-0.39, 0.29) is 41.4 Å². The standard InChI is InChI=1S/C24H46O6SSi2/c1-20-12-14-21(15-13-20)31(26,27)28-17-24(16-25,18-29-32(8,9)22(2,3)4)19-30-33(10,11)23(5,6)7/h12-15,25H,16-19H2,1-11H3. The second-order valence-electron chi connectivity index (χ2n) is 12.3. The van der Waals surface area contributed by atoms with Crippen LogP contribution < -0.4 is 0 Å². The number of hydrogen-bond donors (Lipinski definition) is 1. The lowest BCUT2D eigenvalue weighted by molar-refractivity contribution is -0.0167. The van der Waals surface area contributed by atoms with Gasteiger partial charge in [0, 0.05) is 13.2 Å². The minimum atomic E-state index is -3.98. The number of benzene rings is 1. The largest absolute Gasteiger partial charge is 0.416 e. The molecule has 1 aromatic rings. The molecule has 33 heavy (non-hydrogen) atoms. The molecule has 0 unspecified atom stereocenters. The number of aliphatic hydroxyl groups is 1. The second kappa shape index (κ2) is 10.6. The monoisotopic (exact) mass is 518 g/mol. The Balaban J connectivity index is 3.19. The minimum Gasteiger partial charge on any atom is -0.416 e. The van der Waals surface area contributed by atoms with Crippen LogP contribution in [0.4, 0.5) is 0 Å². The predicted molar refractivity (Wildman–Crippen MR) is 140 cm³/mol. The maximum absolute atomic E-state index is 12.9. The van der Waals surface area contributed by atoms with Gasteiger partial charge in [-0.15, -0.1) is 0 Å². The molecule has 0 atom stereocenters. The van der Waals surface area contributed by atoms with Gasteiger partial charge in [0.25, 0.3) is 10.1 Å². The Labute approximate surface area is 204 Å². The van der Waals surface area contributed by atoms with E-state index in [2.05, 4.69) is 67.7 Å². The molecule has 0 amide bonds. The molecule has 0 aliphatic carbocycles. The van der Waals surface area contributed by atoms with E-state index < -0.39 is 32.2 Å². The Bertz CT molecular complexity index is 836. The van der Waals surface area contributed by atoms with Crippen LogP contribution in [0, 0.1) is 12.3 Å². The van der Waals surface area contributed by atoms with Crippen LogP contribution >= 0.6 is 0 Å². The molecule has 1 N–H and O–H groups in total. The quantitative estimate of drug-likeness (QED) is 0.298. The van der Waals surface area contributed by atoms with Crippen LogP contribution in [-0.4, -0.2) is 56.6 Å². The van der Waals surface area contributed by atoms with Crippen LogP contribution in [0.2, 0.25) is 36.3 Å². The Hall–Kier alpha value is -0.556. The van der Waals surface area contributed by atoms with Crippen LogP contribution in [0.3, 0.4) is 0 Å². The number of hydrogen-bond acceptors (Lipinski definition) is 6. The molecular weight excluding hydrogens is 472 g/mol. The predicted octanol–water partition coefficient (Wildman–Crippen LogP) is 5.72. The SMILES string of the molecule is Cc1ccc(S(=O)(=O)OCC(CO)(CO[Si](C)(C)C(C)(C)C)CO[Si](C)(C)C(C)(C)C)cc1. The Morgan fingerprint density at radius 2 is 1.18 bits per heavy atom. The molecule has 0 heterocycles. The van der Waals surface area contributed by atoms with E-state index in [1.54, 1.807) is 12.1 Å². The smallest absolute Gasteiger partial charge is 0.296 e. The number of aliphatic hydroxyl groups excluding tert-OH is 1. The van der Waals surface area contributed by atoms with Gasteiger partial charge in [-0.05, 0) is 55.3 Å². The second-order valence-corrected chi connectivity index (χ2v) is 23.5. The fourth-order valence-corrected chi connectivity index (χ4v) is 5.55. The van der Waals surface area contributed by atoms with E-state index in [1.807, 2.05) is 6.92 Å². The summed E-state index contributed by atoms with van der Waals surface area (Å²) in [5.41, 5.74) is -0.0350. The zero-order chi connectivity index (χ0) is 25.9. The highest BCUT2D eigenvalue weighted by atomic mass is 32.2. The van der Waals surface area contributed by atoms with Gasteiger partial charge < -0.3 is 14.0 Å². The van der Waals surface area contributed by atoms with Crippen molar-refractivity contribution in [2.75, 3.05) is 26.4 Å². The zero-order valence-corrected chi connectivity index (χ0v) is 25.4. The average molecular weight is 519 g/mol. The van der Waals surface area contributed by atoms with Gasteiger partial charge >= 0.3 is 0 Å². The van der Waals surface area contributed by atoms with E-state index in [1.165, 1.54) is 12.1 Å². The highest BCUT2D eigenvalue weighted by Crippen LogP contribution is 2.40. The van der Waals surface area contributed by atoms with E-state index in [0.717, 1.165) is 5.56 Å². The van der Waals surface area contributed by atoms with Crippen LogP contribution in [0.5, 0.6) is 0 Å². The van der Waals surface area contributed by atoms with Crippen LogP contribution in [0.25, 0.3) is 0 Å². The third-order valence-electron chi connectivity index (χ3n) is 7.26. The fraction of sp³-hybridized carbons (Fsp3) is 0.750. The van der Waals surface area contributed by atoms with Crippen molar-refractivity contribution in [2.24, 2.45) is 5.41 Å².